The van der Waals surface area contributed by atoms with E-state index < -0.39 is 24.2 Å². The number of nitrogens with one attached hydrogen (secondary N) is 1. The van der Waals surface area contributed by atoms with Crippen LogP contribution in [0.5, 0.6) is 0 Å². The summed E-state index contributed by atoms with van der Waals surface area (Å²) >= 11 is 0. The number of alkyl halides is 2. The first kappa shape index (κ1) is 16.4. The highest BCUT2D eigenvalue weighted by molar-refractivity contribution is 5.50. The molecule has 2 aromatic heterocycles. The van der Waals surface area contributed by atoms with Gasteiger partial charge in [-0.3, -0.25) is 0 Å². The van der Waals surface area contributed by atoms with Crippen molar-refractivity contribution in [3.05, 3.63) is 53.9 Å². The van der Waals surface area contributed by atoms with Crippen molar-refractivity contribution in [1.82, 2.24) is 20.2 Å². The van der Waals surface area contributed by atoms with Gasteiger partial charge in [-0.1, -0.05) is 12.1 Å². The molecule has 0 saturated carbocycles. The van der Waals surface area contributed by atoms with E-state index in [1.807, 2.05) is 6.07 Å². The minimum atomic E-state index is -2.87. The van der Waals surface area contributed by atoms with Crippen molar-refractivity contribution >= 4 is 5.95 Å². The van der Waals surface area contributed by atoms with E-state index in [1.54, 1.807) is 0 Å². The molecule has 0 amide bonds. The Morgan fingerprint density at radius 2 is 1.76 bits per heavy atom. The fourth-order valence-electron chi connectivity index (χ4n) is 1.93. The zero-order valence-electron chi connectivity index (χ0n) is 12.4. The summed E-state index contributed by atoms with van der Waals surface area (Å²) in [5.74, 6) is -1.23. The van der Waals surface area contributed by atoms with E-state index in [9.17, 15) is 18.4 Å². The summed E-state index contributed by atoms with van der Waals surface area (Å²) in [7, 11) is 0. The van der Waals surface area contributed by atoms with Crippen LogP contribution in [0.25, 0.3) is 11.5 Å². The number of rotatable bonds is 5. The molecule has 0 aliphatic heterocycles. The number of aromatic nitrogens is 4. The Balaban J connectivity index is 1.75. The van der Waals surface area contributed by atoms with Gasteiger partial charge in [0.2, 0.25) is 5.95 Å². The number of nitrogens with zero attached hydrogens (tertiary/aromatic N) is 5. The van der Waals surface area contributed by atoms with Gasteiger partial charge in [0.15, 0.2) is 0 Å². The summed E-state index contributed by atoms with van der Waals surface area (Å²) in [6.45, 7) is 0. The number of halogens is 3. The van der Waals surface area contributed by atoms with Gasteiger partial charge in [-0.05, 0) is 17.7 Å². The maximum atomic E-state index is 12.9. The van der Waals surface area contributed by atoms with Crippen molar-refractivity contribution in [2.24, 2.45) is 0 Å². The molecule has 0 radical (unpaired) electrons. The molecule has 1 aromatic carbocycles. The monoisotopic (exact) mass is 346 g/mol. The quantitative estimate of drug-likeness (QED) is 0.756. The molecule has 1 unspecified atom stereocenters. The topological polar surface area (TPSA) is 101 Å². The van der Waals surface area contributed by atoms with Crippen molar-refractivity contribution in [2.75, 3.05) is 5.32 Å². The van der Waals surface area contributed by atoms with Crippen molar-refractivity contribution in [1.29, 1.82) is 5.26 Å². The van der Waals surface area contributed by atoms with Gasteiger partial charge in [0.25, 0.3) is 11.8 Å². The first-order chi connectivity index (χ1) is 12.1. The Morgan fingerprint density at radius 3 is 2.32 bits per heavy atom. The van der Waals surface area contributed by atoms with E-state index in [-0.39, 0.29) is 17.4 Å². The molecule has 126 valence electrons. The molecule has 3 aromatic rings. The first-order valence-corrected chi connectivity index (χ1v) is 6.92. The zero-order chi connectivity index (χ0) is 17.8. The molecule has 1 N–H and O–H groups in total. The third kappa shape index (κ3) is 3.72. The lowest BCUT2D eigenvalue weighted by molar-refractivity contribution is 0.116. The molecule has 0 spiro atoms. The van der Waals surface area contributed by atoms with Crippen LogP contribution in [0.1, 0.15) is 23.9 Å². The van der Waals surface area contributed by atoms with Gasteiger partial charge in [-0.2, -0.15) is 14.0 Å². The van der Waals surface area contributed by atoms with E-state index in [2.05, 4.69) is 25.5 Å². The molecular weight excluding hydrogens is 337 g/mol. The summed E-state index contributed by atoms with van der Waals surface area (Å²) in [6.07, 6.45) is -0.288. The van der Waals surface area contributed by atoms with E-state index in [0.717, 1.165) is 0 Å². The zero-order valence-corrected chi connectivity index (χ0v) is 12.4. The molecule has 10 heteroatoms. The van der Waals surface area contributed by atoms with Crippen molar-refractivity contribution in [3.8, 4) is 17.5 Å². The predicted molar refractivity (Wildman–Crippen MR) is 78.7 cm³/mol. The Bertz CT molecular complexity index is 889. The van der Waals surface area contributed by atoms with Crippen LogP contribution >= 0.6 is 0 Å². The van der Waals surface area contributed by atoms with Gasteiger partial charge in [-0.15, -0.1) is 10.2 Å². The normalized spacial score (nSPS) is 12.0. The smallest absolute Gasteiger partial charge is 0.314 e. The molecule has 3 rings (SSSR count). The van der Waals surface area contributed by atoms with E-state index >= 15 is 0 Å². The second-order valence-electron chi connectivity index (χ2n) is 4.80. The van der Waals surface area contributed by atoms with Gasteiger partial charge in [0, 0.05) is 12.4 Å². The van der Waals surface area contributed by atoms with Gasteiger partial charge in [-0.25, -0.2) is 14.4 Å². The summed E-state index contributed by atoms with van der Waals surface area (Å²) in [4.78, 5) is 7.95. The minimum Gasteiger partial charge on any atom is -0.415 e. The van der Waals surface area contributed by atoms with Crippen molar-refractivity contribution in [3.63, 3.8) is 0 Å². The average molecular weight is 346 g/mol. The van der Waals surface area contributed by atoms with Gasteiger partial charge < -0.3 is 9.73 Å². The Hall–Kier alpha value is -3.48. The van der Waals surface area contributed by atoms with Crippen LogP contribution in [0.15, 0.2) is 41.1 Å². The highest BCUT2D eigenvalue weighted by atomic mass is 19.3. The summed E-state index contributed by atoms with van der Waals surface area (Å²) in [5.41, 5.74) is 0.787. The van der Waals surface area contributed by atoms with E-state index in [1.165, 1.54) is 36.7 Å². The maximum absolute atomic E-state index is 12.9. The molecule has 0 bridgehead atoms. The third-order valence-electron chi connectivity index (χ3n) is 3.13. The van der Waals surface area contributed by atoms with Crippen LogP contribution in [0.3, 0.4) is 0 Å². The number of benzene rings is 1. The second-order valence-corrected chi connectivity index (χ2v) is 4.80. The lowest BCUT2D eigenvalue weighted by Gasteiger charge is -2.11. The lowest BCUT2D eigenvalue weighted by atomic mass is 10.1. The first-order valence-electron chi connectivity index (χ1n) is 6.92. The van der Waals surface area contributed by atoms with Crippen LogP contribution < -0.4 is 5.32 Å². The number of nitriles is 1. The molecule has 0 aliphatic carbocycles. The summed E-state index contributed by atoms with van der Waals surface area (Å²) in [6, 6.07) is 6.63. The van der Waals surface area contributed by atoms with Gasteiger partial charge >= 0.3 is 6.43 Å². The number of anilines is 1. The van der Waals surface area contributed by atoms with Gasteiger partial charge in [0.05, 0.1) is 11.6 Å². The minimum absolute atomic E-state index is 0.119. The molecule has 0 fully saturated rings. The summed E-state index contributed by atoms with van der Waals surface area (Å²) < 4.78 is 42.6. The largest absolute Gasteiger partial charge is 0.415 e. The SMILES string of the molecule is N#CC(Nc1ncc(-c2nnc(C(F)F)o2)cn1)c1ccc(F)cc1. The lowest BCUT2D eigenvalue weighted by Crippen LogP contribution is -2.11. The fourth-order valence-corrected chi connectivity index (χ4v) is 1.93. The molecule has 25 heavy (non-hydrogen) atoms. The van der Waals surface area contributed by atoms with E-state index in [4.69, 9.17) is 4.42 Å². The molecule has 2 heterocycles. The molecule has 0 aliphatic rings. The highest BCUT2D eigenvalue weighted by Gasteiger charge is 2.18. The van der Waals surface area contributed by atoms with Crippen LogP contribution in [0.2, 0.25) is 0 Å². The Morgan fingerprint density at radius 1 is 1.08 bits per heavy atom. The fraction of sp³-hybridized carbons (Fsp3) is 0.133. The van der Waals surface area contributed by atoms with Crippen LogP contribution in [0, 0.1) is 17.1 Å². The Kier molecular flexibility index (Phi) is 4.56. The van der Waals surface area contributed by atoms with Crippen LogP contribution in [-0.4, -0.2) is 20.2 Å². The van der Waals surface area contributed by atoms with Crippen LogP contribution in [0.4, 0.5) is 19.1 Å². The molecule has 0 saturated heterocycles. The number of hydrogen-bond acceptors (Lipinski definition) is 7. The number of hydrogen-bond donors (Lipinski definition) is 1. The second kappa shape index (κ2) is 6.96. The standard InChI is InChI=1S/C15H9F3N6O/c16-10-3-1-8(2-4-10)11(5-19)22-15-20-6-9(7-21-15)13-23-24-14(25-13)12(17)18/h1-4,6-7,11-12H,(H,20,21,22). The molecular formula is C15H9F3N6O. The van der Waals surface area contributed by atoms with Crippen LogP contribution in [-0.2, 0) is 0 Å². The molecule has 1 atom stereocenters. The van der Waals surface area contributed by atoms with Crippen molar-refractivity contribution in [2.45, 2.75) is 12.5 Å². The molecule has 7 nitrogen and oxygen atoms in total. The predicted octanol–water partition coefficient (Wildman–Crippen LogP) is 3.28. The third-order valence-corrected chi connectivity index (χ3v) is 3.13. The highest BCUT2D eigenvalue weighted by Crippen LogP contribution is 2.23. The summed E-state index contributed by atoms with van der Waals surface area (Å²) in [5, 5.41) is 18.7. The maximum Gasteiger partial charge on any atom is 0.314 e. The van der Waals surface area contributed by atoms with Gasteiger partial charge in [0.1, 0.15) is 11.9 Å². The average Bonchev–Trinajstić information content (AvgIpc) is 3.11. The van der Waals surface area contributed by atoms with Crippen molar-refractivity contribution < 1.29 is 17.6 Å². The Labute approximate surface area is 139 Å². The van der Waals surface area contributed by atoms with E-state index in [0.29, 0.717) is 5.56 Å².